The zero-order valence-electron chi connectivity index (χ0n) is 20.4. The van der Waals surface area contributed by atoms with Gasteiger partial charge in [0, 0.05) is 18.2 Å². The van der Waals surface area contributed by atoms with E-state index in [2.05, 4.69) is 15.4 Å². The fourth-order valence-electron chi connectivity index (χ4n) is 6.03. The van der Waals surface area contributed by atoms with Gasteiger partial charge in [-0.05, 0) is 68.2 Å². The topological polar surface area (TPSA) is 130 Å². The molecule has 0 bridgehead atoms. The zero-order valence-corrected chi connectivity index (χ0v) is 20.4. The van der Waals surface area contributed by atoms with Gasteiger partial charge in [0.1, 0.15) is 23.5 Å². The van der Waals surface area contributed by atoms with E-state index in [0.29, 0.717) is 36.1 Å². The highest BCUT2D eigenvalue weighted by Gasteiger charge is 2.54. The summed E-state index contributed by atoms with van der Waals surface area (Å²) in [6, 6.07) is 7.32. The third kappa shape index (κ3) is 3.99. The molecule has 4 aliphatic rings. The fraction of sp³-hybridized carbons (Fsp3) is 0.481. The number of rotatable bonds is 8. The summed E-state index contributed by atoms with van der Waals surface area (Å²) in [5, 5.41) is 7.78. The summed E-state index contributed by atoms with van der Waals surface area (Å²) in [5.41, 5.74) is 8.36. The molecule has 1 aliphatic heterocycles. The predicted molar refractivity (Wildman–Crippen MR) is 132 cm³/mol. The maximum atomic E-state index is 13.2. The highest BCUT2D eigenvalue weighted by atomic mass is 16.6. The van der Waals surface area contributed by atoms with Crippen LogP contribution >= 0.6 is 0 Å². The molecule has 10 heteroatoms. The molecule has 192 valence electrons. The first-order valence-electron chi connectivity index (χ1n) is 13.0. The molecular weight excluding hydrogens is 474 g/mol. The number of aromatic nitrogens is 3. The normalized spacial score (nSPS) is 26.7. The second-order valence-electron chi connectivity index (χ2n) is 10.9. The number of nitrogens with zero attached hydrogens (tertiary/aromatic N) is 3. The van der Waals surface area contributed by atoms with Crippen LogP contribution in [0.15, 0.2) is 36.7 Å². The number of carbonyl (C=O) groups excluding carboxylic acids is 2. The number of pyridine rings is 2. The number of amides is 2. The first-order valence-corrected chi connectivity index (χ1v) is 13.0. The van der Waals surface area contributed by atoms with Crippen molar-refractivity contribution in [1.82, 2.24) is 19.9 Å². The Morgan fingerprint density at radius 1 is 1.05 bits per heavy atom. The van der Waals surface area contributed by atoms with Gasteiger partial charge in [-0.25, -0.2) is 9.50 Å². The second-order valence-corrected chi connectivity index (χ2v) is 10.9. The van der Waals surface area contributed by atoms with Gasteiger partial charge in [0.2, 0.25) is 5.88 Å². The number of fused-ring (bicyclic) bond motifs is 1. The molecule has 1 saturated heterocycles. The molecule has 3 N–H and O–H groups in total. The van der Waals surface area contributed by atoms with E-state index in [4.69, 9.17) is 19.9 Å². The SMILES string of the molecule is NC(=O)c1cccnc1OC1CC2(CC(NC(=O)c3cnn4c(C5CC5)c(OC5COC5)ccc34)C2)C1. The van der Waals surface area contributed by atoms with Crippen LogP contribution in [0.4, 0.5) is 0 Å². The van der Waals surface area contributed by atoms with Crippen LogP contribution in [0.25, 0.3) is 5.52 Å². The van der Waals surface area contributed by atoms with E-state index in [1.165, 1.54) is 0 Å². The van der Waals surface area contributed by atoms with E-state index in [1.807, 2.05) is 16.6 Å². The Kier molecular flexibility index (Phi) is 5.14. The Bertz CT molecular complexity index is 1380. The van der Waals surface area contributed by atoms with Gasteiger partial charge in [-0.3, -0.25) is 9.59 Å². The molecule has 10 nitrogen and oxygen atoms in total. The van der Waals surface area contributed by atoms with Crippen molar-refractivity contribution < 1.29 is 23.8 Å². The largest absolute Gasteiger partial charge is 0.484 e. The summed E-state index contributed by atoms with van der Waals surface area (Å²) in [7, 11) is 0. The minimum absolute atomic E-state index is 0.00743. The van der Waals surface area contributed by atoms with Crippen LogP contribution in [0, 0.1) is 5.41 Å². The van der Waals surface area contributed by atoms with E-state index in [-0.39, 0.29) is 29.6 Å². The van der Waals surface area contributed by atoms with Gasteiger partial charge in [-0.1, -0.05) is 0 Å². The number of carbonyl (C=O) groups is 2. The minimum atomic E-state index is -0.544. The lowest BCUT2D eigenvalue weighted by molar-refractivity contribution is -0.0848. The fourth-order valence-corrected chi connectivity index (χ4v) is 6.03. The minimum Gasteiger partial charge on any atom is -0.484 e. The summed E-state index contributed by atoms with van der Waals surface area (Å²) >= 11 is 0. The van der Waals surface area contributed by atoms with Gasteiger partial charge < -0.3 is 25.3 Å². The number of hydrogen-bond acceptors (Lipinski definition) is 7. The number of nitrogens with two attached hydrogens (primary N) is 1. The van der Waals surface area contributed by atoms with Crippen molar-refractivity contribution in [3.05, 3.63) is 53.5 Å². The van der Waals surface area contributed by atoms with Crippen LogP contribution in [0.5, 0.6) is 11.6 Å². The Balaban J connectivity index is 0.977. The number of ether oxygens (including phenoxy) is 3. The first kappa shape index (κ1) is 22.5. The van der Waals surface area contributed by atoms with E-state index in [0.717, 1.165) is 55.5 Å². The van der Waals surface area contributed by atoms with Gasteiger partial charge in [-0.15, -0.1) is 0 Å². The summed E-state index contributed by atoms with van der Waals surface area (Å²) in [6.45, 7) is 1.23. The van der Waals surface area contributed by atoms with E-state index in [1.54, 1.807) is 24.5 Å². The smallest absolute Gasteiger partial charge is 0.255 e. The molecule has 4 heterocycles. The lowest BCUT2D eigenvalue weighted by Gasteiger charge is -2.57. The number of nitrogens with one attached hydrogen (secondary N) is 1. The number of hydrogen-bond donors (Lipinski definition) is 2. The Hall–Kier alpha value is -3.66. The van der Waals surface area contributed by atoms with Crippen LogP contribution in [-0.4, -0.2) is 57.9 Å². The van der Waals surface area contributed by atoms with Crippen molar-refractivity contribution in [3.8, 4) is 11.6 Å². The van der Waals surface area contributed by atoms with Crippen molar-refractivity contribution >= 4 is 17.3 Å². The zero-order chi connectivity index (χ0) is 25.1. The van der Waals surface area contributed by atoms with Gasteiger partial charge >= 0.3 is 0 Å². The average Bonchev–Trinajstić information content (AvgIpc) is 3.56. The lowest BCUT2D eigenvalue weighted by Crippen LogP contribution is -2.58. The molecule has 3 saturated carbocycles. The Morgan fingerprint density at radius 3 is 2.57 bits per heavy atom. The number of primary amides is 1. The molecule has 3 aromatic rings. The molecule has 3 aromatic heterocycles. The van der Waals surface area contributed by atoms with E-state index < -0.39 is 5.91 Å². The van der Waals surface area contributed by atoms with Gasteiger partial charge in [0.15, 0.2) is 0 Å². The molecule has 0 radical (unpaired) electrons. The van der Waals surface area contributed by atoms with Crippen LogP contribution < -0.4 is 20.5 Å². The predicted octanol–water partition coefficient (Wildman–Crippen LogP) is 2.60. The molecular formula is C27H29N5O5. The van der Waals surface area contributed by atoms with E-state index >= 15 is 0 Å². The molecule has 37 heavy (non-hydrogen) atoms. The summed E-state index contributed by atoms with van der Waals surface area (Å²) in [4.78, 5) is 28.9. The molecule has 7 rings (SSSR count). The van der Waals surface area contributed by atoms with E-state index in [9.17, 15) is 9.59 Å². The molecule has 1 spiro atoms. The van der Waals surface area contributed by atoms with Crippen molar-refractivity contribution in [2.24, 2.45) is 11.1 Å². The molecule has 0 aromatic carbocycles. The van der Waals surface area contributed by atoms with Crippen LogP contribution in [0.1, 0.15) is 70.9 Å². The lowest BCUT2D eigenvalue weighted by atomic mass is 9.53. The van der Waals surface area contributed by atoms with Crippen LogP contribution in [0.3, 0.4) is 0 Å². The Labute approximate surface area is 213 Å². The van der Waals surface area contributed by atoms with Crippen molar-refractivity contribution in [2.75, 3.05) is 13.2 Å². The molecule has 3 aliphatic carbocycles. The molecule has 0 unspecified atom stereocenters. The van der Waals surface area contributed by atoms with Crippen molar-refractivity contribution in [2.45, 2.75) is 62.7 Å². The molecule has 4 fully saturated rings. The van der Waals surface area contributed by atoms with Gasteiger partial charge in [0.05, 0.1) is 36.2 Å². The van der Waals surface area contributed by atoms with Crippen molar-refractivity contribution in [1.29, 1.82) is 0 Å². The van der Waals surface area contributed by atoms with Gasteiger partial charge in [0.25, 0.3) is 11.8 Å². The highest BCUT2D eigenvalue weighted by molar-refractivity contribution is 6.01. The van der Waals surface area contributed by atoms with Crippen LogP contribution in [0.2, 0.25) is 0 Å². The monoisotopic (exact) mass is 503 g/mol. The standard InChI is InChI=1S/C27H29N5O5/c28-24(33)19-2-1-7-29-26(19)37-17-10-27(11-17)8-16(9-27)31-25(34)20-12-30-32-21(20)5-6-22(23(32)15-3-4-15)36-18-13-35-14-18/h1-2,5-7,12,15-18H,3-4,8-11,13-14H2,(H2,28,33)(H,31,34). The first-order chi connectivity index (χ1) is 18.0. The van der Waals surface area contributed by atoms with Crippen LogP contribution in [-0.2, 0) is 4.74 Å². The maximum absolute atomic E-state index is 13.2. The van der Waals surface area contributed by atoms with Crippen molar-refractivity contribution in [3.63, 3.8) is 0 Å². The molecule has 2 amide bonds. The summed E-state index contributed by atoms with van der Waals surface area (Å²) < 4.78 is 19.2. The summed E-state index contributed by atoms with van der Waals surface area (Å²) in [6.07, 6.45) is 9.16. The summed E-state index contributed by atoms with van der Waals surface area (Å²) in [5.74, 6) is 0.921. The third-order valence-electron chi connectivity index (χ3n) is 8.12. The average molecular weight is 504 g/mol. The maximum Gasteiger partial charge on any atom is 0.255 e. The highest BCUT2D eigenvalue weighted by Crippen LogP contribution is 2.57. The Morgan fingerprint density at radius 2 is 1.86 bits per heavy atom. The second kappa shape index (κ2) is 8.44. The van der Waals surface area contributed by atoms with Gasteiger partial charge in [-0.2, -0.15) is 5.10 Å². The quantitative estimate of drug-likeness (QED) is 0.483. The molecule has 0 atom stereocenters. The third-order valence-corrected chi connectivity index (χ3v) is 8.12.